The van der Waals surface area contributed by atoms with Crippen LogP contribution in [0, 0.1) is 6.92 Å². The van der Waals surface area contributed by atoms with Crippen molar-refractivity contribution < 1.29 is 23.8 Å². The van der Waals surface area contributed by atoms with Gasteiger partial charge in [-0.2, -0.15) is 0 Å². The number of methoxy groups -OCH3 is 3. The Labute approximate surface area is 212 Å². The Bertz CT molecular complexity index is 1230. The van der Waals surface area contributed by atoms with Crippen LogP contribution >= 0.6 is 0 Å². The lowest BCUT2D eigenvalue weighted by Crippen LogP contribution is -2.46. The molecule has 0 aliphatic carbocycles. The van der Waals surface area contributed by atoms with Crippen molar-refractivity contribution in [2.75, 3.05) is 33.2 Å². The molecule has 7 heteroatoms. The zero-order chi connectivity index (χ0) is 25.8. The van der Waals surface area contributed by atoms with Crippen LogP contribution in [0.4, 0.5) is 5.69 Å². The first-order valence-corrected chi connectivity index (χ1v) is 12.0. The monoisotopic (exact) mass is 488 g/mol. The number of fused-ring (bicyclic) bond motifs is 1. The average molecular weight is 489 g/mol. The van der Waals surface area contributed by atoms with E-state index in [1.807, 2.05) is 68.4 Å². The van der Waals surface area contributed by atoms with E-state index in [0.29, 0.717) is 40.6 Å². The van der Waals surface area contributed by atoms with Crippen LogP contribution in [0.5, 0.6) is 17.2 Å². The second kappa shape index (κ2) is 10.7. The van der Waals surface area contributed by atoms with E-state index in [1.54, 1.807) is 32.3 Å². The van der Waals surface area contributed by atoms with Crippen molar-refractivity contribution in [1.29, 1.82) is 0 Å². The minimum Gasteiger partial charge on any atom is -0.493 e. The van der Waals surface area contributed by atoms with Crippen LogP contribution in [0.2, 0.25) is 0 Å². The molecule has 0 saturated carbocycles. The highest BCUT2D eigenvalue weighted by Gasteiger charge is 2.44. The largest absolute Gasteiger partial charge is 0.493 e. The first-order valence-electron chi connectivity index (χ1n) is 12.0. The summed E-state index contributed by atoms with van der Waals surface area (Å²) in [5.41, 5.74) is 3.76. The number of ether oxygens (including phenoxy) is 3. The molecule has 4 rings (SSSR count). The third-order valence-corrected chi connectivity index (χ3v) is 6.53. The lowest BCUT2D eigenvalue weighted by atomic mass is 9.78. The number of benzene rings is 3. The SMILES string of the molecule is CCCN1C(=O)c2ccccc2[C@H](C(=O)Nc2ccc(C)cc2)[C@@H]1c1cc(OC)c(OC)c(OC)c1. The van der Waals surface area contributed by atoms with Crippen molar-refractivity contribution in [3.05, 3.63) is 82.9 Å². The highest BCUT2D eigenvalue weighted by molar-refractivity contribution is 6.04. The van der Waals surface area contributed by atoms with Crippen LogP contribution in [0.1, 0.15) is 52.4 Å². The van der Waals surface area contributed by atoms with Gasteiger partial charge in [-0.3, -0.25) is 9.59 Å². The van der Waals surface area contributed by atoms with Gasteiger partial charge in [0.25, 0.3) is 5.91 Å². The van der Waals surface area contributed by atoms with E-state index in [4.69, 9.17) is 14.2 Å². The number of rotatable bonds is 8. The van der Waals surface area contributed by atoms with Gasteiger partial charge in [0.15, 0.2) is 11.5 Å². The van der Waals surface area contributed by atoms with Gasteiger partial charge in [0.2, 0.25) is 11.7 Å². The van der Waals surface area contributed by atoms with Crippen LogP contribution in [0.25, 0.3) is 0 Å². The summed E-state index contributed by atoms with van der Waals surface area (Å²) >= 11 is 0. The number of hydrogen-bond acceptors (Lipinski definition) is 5. The van der Waals surface area contributed by atoms with E-state index in [-0.39, 0.29) is 11.8 Å². The predicted molar refractivity (Wildman–Crippen MR) is 139 cm³/mol. The summed E-state index contributed by atoms with van der Waals surface area (Å²) in [5, 5.41) is 3.07. The number of nitrogens with zero attached hydrogens (tertiary/aromatic N) is 1. The van der Waals surface area contributed by atoms with E-state index in [1.165, 1.54) is 0 Å². The molecule has 0 radical (unpaired) electrons. The summed E-state index contributed by atoms with van der Waals surface area (Å²) in [4.78, 5) is 29.4. The third-order valence-electron chi connectivity index (χ3n) is 6.53. The van der Waals surface area contributed by atoms with Crippen molar-refractivity contribution in [3.8, 4) is 17.2 Å². The molecule has 2 atom stereocenters. The number of aryl methyl sites for hydroxylation is 1. The molecule has 0 saturated heterocycles. The van der Waals surface area contributed by atoms with Crippen LogP contribution in [-0.2, 0) is 4.79 Å². The maximum Gasteiger partial charge on any atom is 0.254 e. The second-order valence-corrected chi connectivity index (χ2v) is 8.82. The molecule has 0 fully saturated rings. The molecule has 1 aliphatic heterocycles. The molecular formula is C29H32N2O5. The standard InChI is InChI=1S/C29H32N2O5/c1-6-15-31-26(19-16-23(34-3)27(36-5)24(17-19)35-4)25(21-9-7-8-10-22(21)29(31)33)28(32)30-20-13-11-18(2)12-14-20/h7-14,16-17,25-26H,6,15H2,1-5H3,(H,30,32)/t25-,26-/m0/s1. The van der Waals surface area contributed by atoms with E-state index < -0.39 is 12.0 Å². The molecule has 0 unspecified atom stereocenters. The van der Waals surface area contributed by atoms with Crippen LogP contribution in [0.3, 0.4) is 0 Å². The Kier molecular flexibility index (Phi) is 7.48. The highest BCUT2D eigenvalue weighted by atomic mass is 16.5. The summed E-state index contributed by atoms with van der Waals surface area (Å²) in [6, 6.07) is 18.1. The zero-order valence-electron chi connectivity index (χ0n) is 21.3. The normalized spacial score (nSPS) is 16.8. The molecule has 36 heavy (non-hydrogen) atoms. The molecule has 3 aromatic rings. The van der Waals surface area contributed by atoms with E-state index in [0.717, 1.165) is 17.5 Å². The zero-order valence-corrected chi connectivity index (χ0v) is 21.3. The Hall–Kier alpha value is -4.00. The fourth-order valence-corrected chi connectivity index (χ4v) is 4.86. The van der Waals surface area contributed by atoms with E-state index in [9.17, 15) is 9.59 Å². The molecule has 7 nitrogen and oxygen atoms in total. The van der Waals surface area contributed by atoms with Gasteiger partial charge < -0.3 is 24.4 Å². The molecular weight excluding hydrogens is 456 g/mol. The minimum absolute atomic E-state index is 0.106. The number of carbonyl (C=O) groups is 2. The van der Waals surface area contributed by atoms with Crippen molar-refractivity contribution in [3.63, 3.8) is 0 Å². The molecule has 1 heterocycles. The van der Waals surface area contributed by atoms with Gasteiger partial charge in [-0.1, -0.05) is 42.8 Å². The lowest BCUT2D eigenvalue weighted by Gasteiger charge is -2.42. The van der Waals surface area contributed by atoms with Gasteiger partial charge in [0.1, 0.15) is 0 Å². The topological polar surface area (TPSA) is 77.1 Å². The summed E-state index contributed by atoms with van der Waals surface area (Å²) in [5.74, 6) is 0.424. The first kappa shape index (κ1) is 25.1. The molecule has 1 aliphatic rings. The lowest BCUT2D eigenvalue weighted by molar-refractivity contribution is -0.119. The molecule has 2 amide bonds. The van der Waals surface area contributed by atoms with Gasteiger partial charge in [-0.05, 0) is 54.8 Å². The highest BCUT2D eigenvalue weighted by Crippen LogP contribution is 2.47. The van der Waals surface area contributed by atoms with Gasteiger partial charge >= 0.3 is 0 Å². The smallest absolute Gasteiger partial charge is 0.254 e. The number of anilines is 1. The quantitative estimate of drug-likeness (QED) is 0.463. The Morgan fingerprint density at radius 3 is 2.17 bits per heavy atom. The van der Waals surface area contributed by atoms with Gasteiger partial charge in [0, 0.05) is 17.8 Å². The Morgan fingerprint density at radius 2 is 1.58 bits per heavy atom. The van der Waals surface area contributed by atoms with Crippen molar-refractivity contribution in [2.24, 2.45) is 0 Å². The summed E-state index contributed by atoms with van der Waals surface area (Å²) in [6.45, 7) is 4.50. The van der Waals surface area contributed by atoms with Crippen molar-refractivity contribution in [2.45, 2.75) is 32.2 Å². The Balaban J connectivity index is 1.90. The van der Waals surface area contributed by atoms with Crippen LogP contribution in [-0.4, -0.2) is 44.6 Å². The predicted octanol–water partition coefficient (Wildman–Crippen LogP) is 5.35. The van der Waals surface area contributed by atoms with E-state index >= 15 is 0 Å². The number of nitrogens with one attached hydrogen (secondary N) is 1. The molecule has 0 bridgehead atoms. The summed E-state index contributed by atoms with van der Waals surface area (Å²) in [7, 11) is 4.64. The fourth-order valence-electron chi connectivity index (χ4n) is 4.86. The minimum atomic E-state index is -0.658. The molecule has 0 aromatic heterocycles. The van der Waals surface area contributed by atoms with Gasteiger partial charge in [-0.15, -0.1) is 0 Å². The fraction of sp³-hybridized carbons (Fsp3) is 0.310. The molecule has 188 valence electrons. The molecule has 1 N–H and O–H groups in total. The number of carbonyl (C=O) groups excluding carboxylic acids is 2. The maximum atomic E-state index is 14.0. The van der Waals surface area contributed by atoms with Crippen LogP contribution < -0.4 is 19.5 Å². The first-order chi connectivity index (χ1) is 17.4. The van der Waals surface area contributed by atoms with E-state index in [2.05, 4.69) is 5.32 Å². The summed E-state index contributed by atoms with van der Waals surface area (Å²) < 4.78 is 16.7. The summed E-state index contributed by atoms with van der Waals surface area (Å²) in [6.07, 6.45) is 0.737. The second-order valence-electron chi connectivity index (χ2n) is 8.82. The van der Waals surface area contributed by atoms with Crippen LogP contribution in [0.15, 0.2) is 60.7 Å². The Morgan fingerprint density at radius 1 is 0.944 bits per heavy atom. The number of hydrogen-bond donors (Lipinski definition) is 1. The molecule has 0 spiro atoms. The van der Waals surface area contributed by atoms with Crippen molar-refractivity contribution >= 4 is 17.5 Å². The van der Waals surface area contributed by atoms with Crippen molar-refractivity contribution in [1.82, 2.24) is 4.90 Å². The molecule has 3 aromatic carbocycles. The maximum absolute atomic E-state index is 14.0. The number of amides is 2. The average Bonchev–Trinajstić information content (AvgIpc) is 2.90. The van der Waals surface area contributed by atoms with Gasteiger partial charge in [0.05, 0.1) is 33.3 Å². The van der Waals surface area contributed by atoms with Gasteiger partial charge in [-0.25, -0.2) is 0 Å². The third kappa shape index (κ3) is 4.61.